The summed E-state index contributed by atoms with van der Waals surface area (Å²) in [7, 11) is 0. The van der Waals surface area contributed by atoms with E-state index < -0.39 is 0 Å². The molecular weight excluding hydrogens is 357 g/mol. The van der Waals surface area contributed by atoms with E-state index in [9.17, 15) is 4.79 Å². The van der Waals surface area contributed by atoms with E-state index in [-0.39, 0.29) is 11.4 Å². The Bertz CT molecular complexity index is 407. The van der Waals surface area contributed by atoms with E-state index >= 15 is 0 Å². The molecule has 1 aromatic rings. The molecule has 0 aliphatic heterocycles. The lowest BCUT2D eigenvalue weighted by atomic mass is 10.1. The Hall–Kier alpha value is -0.0600. The summed E-state index contributed by atoms with van der Waals surface area (Å²) >= 11 is 12.6. The summed E-state index contributed by atoms with van der Waals surface area (Å²) in [5.74, 6) is -0.165. The highest BCUT2D eigenvalue weighted by Gasteiger charge is 2.20. The smallest absolute Gasteiger partial charge is 0.253 e. The Morgan fingerprint density at radius 1 is 1.50 bits per heavy atom. The number of amides is 1. The lowest BCUT2D eigenvalue weighted by Crippen LogP contribution is -2.44. The minimum atomic E-state index is -0.298. The summed E-state index contributed by atoms with van der Waals surface area (Å²) in [6.07, 6.45) is 0. The number of nitrogens with one attached hydrogen (secondary N) is 1. The molecule has 88 valence electrons. The van der Waals surface area contributed by atoms with Gasteiger partial charge in [0.25, 0.3) is 5.91 Å². The minimum Gasteiger partial charge on any atom is -0.346 e. The lowest BCUT2D eigenvalue weighted by molar-refractivity contribution is 0.0921. The number of hydrogen-bond acceptors (Lipinski definition) is 1. The molecule has 0 aromatic heterocycles. The Morgan fingerprint density at radius 3 is 2.62 bits per heavy atom. The van der Waals surface area contributed by atoms with Crippen molar-refractivity contribution < 1.29 is 4.79 Å². The summed E-state index contributed by atoms with van der Waals surface area (Å²) in [5.41, 5.74) is 0.187. The molecule has 0 aliphatic carbocycles. The van der Waals surface area contributed by atoms with Gasteiger partial charge in [-0.25, -0.2) is 0 Å². The van der Waals surface area contributed by atoms with Crippen molar-refractivity contribution in [3.05, 3.63) is 33.3 Å². The molecule has 0 saturated carbocycles. The monoisotopic (exact) mass is 367 g/mol. The van der Waals surface area contributed by atoms with Gasteiger partial charge in [-0.2, -0.15) is 0 Å². The molecule has 0 bridgehead atoms. The average molecular weight is 369 g/mol. The van der Waals surface area contributed by atoms with Crippen molar-refractivity contribution in [1.82, 2.24) is 5.32 Å². The molecule has 0 atom stereocenters. The first kappa shape index (κ1) is 14.0. The number of benzene rings is 1. The standard InChI is InChI=1S/C11H12Br2ClNO/c1-11(2,6-12)15-10(16)8-4-3-7(13)5-9(8)14/h3-5H,6H2,1-2H3,(H,15,16). The van der Waals surface area contributed by atoms with Crippen LogP contribution < -0.4 is 5.32 Å². The van der Waals surface area contributed by atoms with Gasteiger partial charge in [0.1, 0.15) is 0 Å². The number of halogens is 3. The minimum absolute atomic E-state index is 0.165. The molecule has 0 heterocycles. The molecule has 0 fully saturated rings. The van der Waals surface area contributed by atoms with Crippen molar-refractivity contribution >= 4 is 49.4 Å². The van der Waals surface area contributed by atoms with Gasteiger partial charge in [0, 0.05) is 15.3 Å². The van der Waals surface area contributed by atoms with Crippen LogP contribution in [0.25, 0.3) is 0 Å². The summed E-state index contributed by atoms with van der Waals surface area (Å²) in [6, 6.07) is 5.20. The van der Waals surface area contributed by atoms with Crippen molar-refractivity contribution in [2.24, 2.45) is 0 Å². The third kappa shape index (κ3) is 3.75. The SMILES string of the molecule is CC(C)(CBr)NC(=O)c1ccc(Br)cc1Cl. The van der Waals surface area contributed by atoms with Gasteiger partial charge in [-0.15, -0.1) is 0 Å². The first-order chi connectivity index (χ1) is 7.35. The van der Waals surface area contributed by atoms with E-state index in [0.717, 1.165) is 4.47 Å². The van der Waals surface area contributed by atoms with Crippen molar-refractivity contribution in [2.45, 2.75) is 19.4 Å². The Morgan fingerprint density at radius 2 is 2.12 bits per heavy atom. The van der Waals surface area contributed by atoms with Crippen LogP contribution in [0.5, 0.6) is 0 Å². The Labute approximate surface area is 117 Å². The second-order valence-electron chi connectivity index (χ2n) is 4.10. The molecule has 0 unspecified atom stereocenters. The molecule has 1 rings (SSSR count). The molecule has 1 aromatic carbocycles. The van der Waals surface area contributed by atoms with Gasteiger partial charge in [0.2, 0.25) is 0 Å². The zero-order valence-corrected chi connectivity index (χ0v) is 12.9. The second kappa shape index (κ2) is 5.52. The fourth-order valence-electron chi connectivity index (χ4n) is 1.08. The fraction of sp³-hybridized carbons (Fsp3) is 0.364. The van der Waals surface area contributed by atoms with E-state index in [4.69, 9.17) is 11.6 Å². The van der Waals surface area contributed by atoms with Gasteiger partial charge in [0.15, 0.2) is 0 Å². The van der Waals surface area contributed by atoms with Crippen molar-refractivity contribution in [3.63, 3.8) is 0 Å². The zero-order chi connectivity index (χ0) is 12.3. The average Bonchev–Trinajstić information content (AvgIpc) is 2.16. The van der Waals surface area contributed by atoms with Crippen LogP contribution in [0, 0.1) is 0 Å². The van der Waals surface area contributed by atoms with E-state index in [1.54, 1.807) is 18.2 Å². The number of carbonyl (C=O) groups is 1. The van der Waals surface area contributed by atoms with Crippen molar-refractivity contribution in [2.75, 3.05) is 5.33 Å². The molecule has 1 amide bonds. The molecular formula is C11H12Br2ClNO. The van der Waals surface area contributed by atoms with Gasteiger partial charge in [-0.3, -0.25) is 4.79 Å². The first-order valence-corrected chi connectivity index (χ1v) is 6.98. The van der Waals surface area contributed by atoms with Crippen LogP contribution in [0.15, 0.2) is 22.7 Å². The summed E-state index contributed by atoms with van der Waals surface area (Å²) in [4.78, 5) is 11.9. The van der Waals surface area contributed by atoms with E-state index in [2.05, 4.69) is 37.2 Å². The molecule has 1 N–H and O–H groups in total. The van der Waals surface area contributed by atoms with E-state index in [0.29, 0.717) is 15.9 Å². The molecule has 0 saturated heterocycles. The molecule has 5 heteroatoms. The number of rotatable bonds is 3. The topological polar surface area (TPSA) is 29.1 Å². The van der Waals surface area contributed by atoms with Crippen LogP contribution in [-0.2, 0) is 0 Å². The quantitative estimate of drug-likeness (QED) is 0.802. The molecule has 0 spiro atoms. The van der Waals surface area contributed by atoms with E-state index in [1.165, 1.54) is 0 Å². The van der Waals surface area contributed by atoms with Crippen LogP contribution in [0.2, 0.25) is 5.02 Å². The van der Waals surface area contributed by atoms with E-state index in [1.807, 2.05) is 13.8 Å². The first-order valence-electron chi connectivity index (χ1n) is 4.69. The maximum absolute atomic E-state index is 11.9. The normalized spacial score (nSPS) is 11.3. The molecule has 2 nitrogen and oxygen atoms in total. The highest BCUT2D eigenvalue weighted by Crippen LogP contribution is 2.22. The highest BCUT2D eigenvalue weighted by molar-refractivity contribution is 9.10. The summed E-state index contributed by atoms with van der Waals surface area (Å²) < 4.78 is 0.855. The lowest BCUT2D eigenvalue weighted by Gasteiger charge is -2.23. The molecule has 16 heavy (non-hydrogen) atoms. The predicted molar refractivity (Wildman–Crippen MR) is 74.5 cm³/mol. The Kier molecular flexibility index (Phi) is 4.83. The number of alkyl halides is 1. The maximum atomic E-state index is 11.9. The molecule has 0 aliphatic rings. The highest BCUT2D eigenvalue weighted by atomic mass is 79.9. The van der Waals surface area contributed by atoms with Crippen LogP contribution in [0.4, 0.5) is 0 Å². The zero-order valence-electron chi connectivity index (χ0n) is 8.98. The fourth-order valence-corrected chi connectivity index (χ4v) is 1.98. The summed E-state index contributed by atoms with van der Waals surface area (Å²) in [5, 5.41) is 4.02. The van der Waals surface area contributed by atoms with Gasteiger partial charge < -0.3 is 5.32 Å². The summed E-state index contributed by atoms with van der Waals surface area (Å²) in [6.45, 7) is 3.87. The van der Waals surface area contributed by atoms with Crippen LogP contribution in [0.1, 0.15) is 24.2 Å². The van der Waals surface area contributed by atoms with Crippen LogP contribution in [0.3, 0.4) is 0 Å². The third-order valence-electron chi connectivity index (χ3n) is 1.96. The van der Waals surface area contributed by atoms with Gasteiger partial charge in [-0.05, 0) is 32.0 Å². The van der Waals surface area contributed by atoms with Crippen LogP contribution >= 0.6 is 43.5 Å². The van der Waals surface area contributed by atoms with Crippen molar-refractivity contribution in [1.29, 1.82) is 0 Å². The second-order valence-corrected chi connectivity index (χ2v) is 5.98. The van der Waals surface area contributed by atoms with Crippen LogP contribution in [-0.4, -0.2) is 16.8 Å². The largest absolute Gasteiger partial charge is 0.346 e. The maximum Gasteiger partial charge on any atom is 0.253 e. The predicted octanol–water partition coefficient (Wildman–Crippen LogP) is 4.01. The molecule has 0 radical (unpaired) electrons. The number of hydrogen-bond donors (Lipinski definition) is 1. The number of carbonyl (C=O) groups excluding carboxylic acids is 1. The van der Waals surface area contributed by atoms with Gasteiger partial charge >= 0.3 is 0 Å². The van der Waals surface area contributed by atoms with Gasteiger partial charge in [0.05, 0.1) is 10.6 Å². The Balaban J connectivity index is 2.89. The third-order valence-corrected chi connectivity index (χ3v) is 4.17. The van der Waals surface area contributed by atoms with Crippen molar-refractivity contribution in [3.8, 4) is 0 Å². The van der Waals surface area contributed by atoms with Gasteiger partial charge in [-0.1, -0.05) is 43.5 Å².